The van der Waals surface area contributed by atoms with Crippen molar-refractivity contribution in [3.63, 3.8) is 0 Å². The van der Waals surface area contributed by atoms with Crippen molar-refractivity contribution in [2.45, 2.75) is 6.61 Å². The number of fused-ring (bicyclic) bond motifs is 3. The minimum absolute atomic E-state index is 0.465. The van der Waals surface area contributed by atoms with Crippen LogP contribution in [0.5, 0.6) is 5.75 Å². The molecule has 84 valence electrons. The highest BCUT2D eigenvalue weighted by molar-refractivity contribution is 6.60. The Morgan fingerprint density at radius 1 is 1.00 bits per heavy atom. The summed E-state index contributed by atoms with van der Waals surface area (Å²) in [5.74, 6) is 0.785. The van der Waals surface area contributed by atoms with E-state index in [1.807, 2.05) is 36.4 Å². The van der Waals surface area contributed by atoms with Crippen LogP contribution >= 0.6 is 0 Å². The van der Waals surface area contributed by atoms with Crippen LogP contribution in [-0.2, 0) is 6.61 Å². The van der Waals surface area contributed by atoms with Crippen LogP contribution in [0.4, 0.5) is 0 Å². The smallest absolute Gasteiger partial charge is 0.488 e. The summed E-state index contributed by atoms with van der Waals surface area (Å²) in [7, 11) is -1.46. The average molecular weight is 226 g/mol. The fraction of sp³-hybridized carbons (Fsp3) is 0.0769. The molecule has 3 nitrogen and oxygen atoms in total. The lowest BCUT2D eigenvalue weighted by Crippen LogP contribution is -2.33. The molecular weight excluding hydrogens is 215 g/mol. The molecule has 0 bridgehead atoms. The van der Waals surface area contributed by atoms with Crippen LogP contribution in [-0.4, -0.2) is 17.2 Å². The van der Waals surface area contributed by atoms with Crippen LogP contribution in [0.1, 0.15) is 5.56 Å². The maximum absolute atomic E-state index is 9.42. The van der Waals surface area contributed by atoms with E-state index in [-0.39, 0.29) is 0 Å². The summed E-state index contributed by atoms with van der Waals surface area (Å²) in [6, 6.07) is 13.1. The van der Waals surface area contributed by atoms with Crippen molar-refractivity contribution >= 4 is 12.6 Å². The molecule has 0 radical (unpaired) electrons. The molecule has 0 saturated heterocycles. The topological polar surface area (TPSA) is 49.7 Å². The zero-order chi connectivity index (χ0) is 11.8. The third kappa shape index (κ3) is 1.62. The highest BCUT2D eigenvalue weighted by atomic mass is 16.5. The minimum atomic E-state index is -1.46. The summed E-state index contributed by atoms with van der Waals surface area (Å²) in [5, 5.41) is 18.8. The molecule has 3 rings (SSSR count). The Labute approximate surface area is 99.4 Å². The second-order valence-corrected chi connectivity index (χ2v) is 4.04. The summed E-state index contributed by atoms with van der Waals surface area (Å²) in [5.41, 5.74) is 3.30. The van der Waals surface area contributed by atoms with Gasteiger partial charge in [-0.05, 0) is 22.7 Å². The number of benzene rings is 2. The molecule has 2 N–H and O–H groups in total. The molecule has 1 aliphatic heterocycles. The Bertz CT molecular complexity index is 566. The third-order valence-electron chi connectivity index (χ3n) is 3.00. The quantitative estimate of drug-likeness (QED) is 0.711. The molecular formula is C13H11BO3. The number of rotatable bonds is 1. The van der Waals surface area contributed by atoms with E-state index >= 15 is 0 Å². The van der Waals surface area contributed by atoms with Crippen molar-refractivity contribution in [1.82, 2.24) is 0 Å². The fourth-order valence-corrected chi connectivity index (χ4v) is 2.24. The molecule has 2 aromatic carbocycles. The van der Waals surface area contributed by atoms with E-state index in [4.69, 9.17) is 4.74 Å². The van der Waals surface area contributed by atoms with Crippen LogP contribution in [0.25, 0.3) is 11.1 Å². The molecule has 2 aromatic rings. The van der Waals surface area contributed by atoms with Gasteiger partial charge in [0, 0.05) is 5.56 Å². The lowest BCUT2D eigenvalue weighted by atomic mass is 9.73. The summed E-state index contributed by atoms with van der Waals surface area (Å²) < 4.78 is 5.62. The summed E-state index contributed by atoms with van der Waals surface area (Å²) in [6.07, 6.45) is 0. The van der Waals surface area contributed by atoms with Gasteiger partial charge in [0.15, 0.2) is 0 Å². The lowest BCUT2D eigenvalue weighted by molar-refractivity contribution is 0.302. The van der Waals surface area contributed by atoms with Gasteiger partial charge in [-0.25, -0.2) is 0 Å². The van der Waals surface area contributed by atoms with Gasteiger partial charge in [-0.3, -0.25) is 0 Å². The molecule has 0 aliphatic carbocycles. The Morgan fingerprint density at radius 2 is 1.82 bits per heavy atom. The van der Waals surface area contributed by atoms with Gasteiger partial charge in [-0.1, -0.05) is 36.4 Å². The minimum Gasteiger partial charge on any atom is -0.488 e. The van der Waals surface area contributed by atoms with Gasteiger partial charge in [0.25, 0.3) is 0 Å². The molecule has 1 aliphatic rings. The highest BCUT2D eigenvalue weighted by Crippen LogP contribution is 2.35. The zero-order valence-electron chi connectivity index (χ0n) is 9.13. The Balaban J connectivity index is 2.29. The predicted molar refractivity (Wildman–Crippen MR) is 66.0 cm³/mol. The molecule has 17 heavy (non-hydrogen) atoms. The van der Waals surface area contributed by atoms with Crippen molar-refractivity contribution in [2.75, 3.05) is 0 Å². The van der Waals surface area contributed by atoms with Crippen LogP contribution < -0.4 is 10.2 Å². The fourth-order valence-electron chi connectivity index (χ4n) is 2.24. The predicted octanol–water partition coefficient (Wildman–Crippen LogP) is 0.926. The molecule has 0 amide bonds. The average Bonchev–Trinajstić information content (AvgIpc) is 2.37. The summed E-state index contributed by atoms with van der Waals surface area (Å²) in [6.45, 7) is 0.465. The van der Waals surface area contributed by atoms with E-state index in [1.54, 1.807) is 6.07 Å². The van der Waals surface area contributed by atoms with Crippen molar-refractivity contribution in [1.29, 1.82) is 0 Å². The summed E-state index contributed by atoms with van der Waals surface area (Å²) in [4.78, 5) is 0. The molecule has 0 unspecified atom stereocenters. The molecule has 0 atom stereocenters. The van der Waals surface area contributed by atoms with Gasteiger partial charge < -0.3 is 14.8 Å². The first-order valence-electron chi connectivity index (χ1n) is 5.47. The van der Waals surface area contributed by atoms with Crippen LogP contribution in [0, 0.1) is 0 Å². The van der Waals surface area contributed by atoms with Crippen LogP contribution in [0.15, 0.2) is 42.5 Å². The van der Waals surface area contributed by atoms with E-state index in [0.717, 1.165) is 22.4 Å². The van der Waals surface area contributed by atoms with E-state index in [2.05, 4.69) is 0 Å². The van der Waals surface area contributed by atoms with Gasteiger partial charge >= 0.3 is 7.12 Å². The van der Waals surface area contributed by atoms with Crippen molar-refractivity contribution in [2.24, 2.45) is 0 Å². The Morgan fingerprint density at radius 3 is 2.65 bits per heavy atom. The molecule has 0 saturated carbocycles. The monoisotopic (exact) mass is 226 g/mol. The normalized spacial score (nSPS) is 12.4. The standard InChI is InChI=1S/C13H11BO3/c15-14(16)11-6-3-4-9-8-17-12-7-2-1-5-10(12)13(9)11/h1-7,15-16H,8H2. The maximum atomic E-state index is 9.42. The van der Waals surface area contributed by atoms with E-state index < -0.39 is 7.12 Å². The number of hydrogen-bond acceptors (Lipinski definition) is 3. The highest BCUT2D eigenvalue weighted by Gasteiger charge is 2.24. The third-order valence-corrected chi connectivity index (χ3v) is 3.00. The van der Waals surface area contributed by atoms with Crippen LogP contribution in [0.2, 0.25) is 0 Å². The van der Waals surface area contributed by atoms with E-state index in [9.17, 15) is 10.0 Å². The van der Waals surface area contributed by atoms with E-state index in [0.29, 0.717) is 12.1 Å². The van der Waals surface area contributed by atoms with Gasteiger partial charge in [0.2, 0.25) is 0 Å². The summed E-state index contributed by atoms with van der Waals surface area (Å²) >= 11 is 0. The molecule has 0 spiro atoms. The zero-order valence-corrected chi connectivity index (χ0v) is 9.13. The largest absolute Gasteiger partial charge is 0.489 e. The van der Waals surface area contributed by atoms with Crippen molar-refractivity contribution in [3.05, 3.63) is 48.0 Å². The second kappa shape index (κ2) is 3.91. The first-order valence-corrected chi connectivity index (χ1v) is 5.47. The number of ether oxygens (including phenoxy) is 1. The first-order chi connectivity index (χ1) is 8.27. The van der Waals surface area contributed by atoms with Gasteiger partial charge in [0.05, 0.1) is 0 Å². The van der Waals surface area contributed by atoms with Crippen LogP contribution in [0.3, 0.4) is 0 Å². The van der Waals surface area contributed by atoms with Gasteiger partial charge in [-0.2, -0.15) is 0 Å². The lowest BCUT2D eigenvalue weighted by Gasteiger charge is -2.23. The van der Waals surface area contributed by atoms with Gasteiger partial charge in [-0.15, -0.1) is 0 Å². The van der Waals surface area contributed by atoms with E-state index in [1.165, 1.54) is 0 Å². The Kier molecular flexibility index (Phi) is 2.39. The molecule has 0 fully saturated rings. The van der Waals surface area contributed by atoms with Gasteiger partial charge in [0.1, 0.15) is 12.4 Å². The second-order valence-electron chi connectivity index (χ2n) is 4.04. The molecule has 4 heteroatoms. The van der Waals surface area contributed by atoms with Crippen molar-refractivity contribution in [3.8, 4) is 16.9 Å². The number of para-hydroxylation sites is 1. The van der Waals surface area contributed by atoms with Crippen molar-refractivity contribution < 1.29 is 14.8 Å². The Hall–Kier alpha value is -1.78. The SMILES string of the molecule is OB(O)c1cccc2c1-c1ccccc1OC2. The first kappa shape index (κ1) is 10.4. The maximum Gasteiger partial charge on any atom is 0.489 e. The number of hydrogen-bond donors (Lipinski definition) is 2. The molecule has 0 aromatic heterocycles. The molecule has 1 heterocycles.